The van der Waals surface area contributed by atoms with Crippen molar-refractivity contribution in [1.82, 2.24) is 0 Å². The van der Waals surface area contributed by atoms with Gasteiger partial charge in [-0.2, -0.15) is 0 Å². The largest absolute Gasteiger partial charge is 0.379 e. The molecule has 0 radical (unpaired) electrons. The first-order valence-electron chi connectivity index (χ1n) is 5.41. The molecule has 0 unspecified atom stereocenters. The van der Waals surface area contributed by atoms with Crippen molar-refractivity contribution in [3.63, 3.8) is 0 Å². The molecule has 1 N–H and O–H groups in total. The van der Waals surface area contributed by atoms with Crippen LogP contribution in [0.1, 0.15) is 15.3 Å². The molecule has 0 fully saturated rings. The molecule has 0 saturated heterocycles. The topological polar surface area (TPSA) is 12.0 Å². The van der Waals surface area contributed by atoms with Gasteiger partial charge < -0.3 is 5.32 Å². The molecule has 1 nitrogen and oxygen atoms in total. The Hall–Kier alpha value is -0.770. The Morgan fingerprint density at radius 2 is 1.78 bits per heavy atom. The molecule has 0 aliphatic rings. The molecular formula is C13H12Cl2FNS. The highest BCUT2D eigenvalue weighted by Crippen LogP contribution is 2.32. The van der Waals surface area contributed by atoms with Crippen LogP contribution < -0.4 is 5.32 Å². The smallest absolute Gasteiger partial charge is 0.126 e. The van der Waals surface area contributed by atoms with Crippen LogP contribution in [-0.2, 0) is 6.54 Å². The number of rotatable bonds is 3. The Labute approximate surface area is 120 Å². The fourth-order valence-corrected chi connectivity index (χ4v) is 3.29. The van der Waals surface area contributed by atoms with Gasteiger partial charge in [0.25, 0.3) is 0 Å². The lowest BCUT2D eigenvalue weighted by Crippen LogP contribution is -2.01. The van der Waals surface area contributed by atoms with Gasteiger partial charge in [-0.25, -0.2) is 4.39 Å². The lowest BCUT2D eigenvalue weighted by atomic mass is 10.2. The molecule has 0 atom stereocenters. The van der Waals surface area contributed by atoms with Crippen LogP contribution in [0.15, 0.2) is 18.2 Å². The summed E-state index contributed by atoms with van der Waals surface area (Å²) in [5, 5.41) is 3.75. The van der Waals surface area contributed by atoms with E-state index in [0.29, 0.717) is 22.3 Å². The molecular weight excluding hydrogens is 292 g/mol. The Kier molecular flexibility index (Phi) is 4.15. The van der Waals surface area contributed by atoms with E-state index in [2.05, 4.69) is 25.2 Å². The molecule has 0 spiro atoms. The Balaban J connectivity index is 2.18. The average molecular weight is 304 g/mol. The number of halogens is 3. The highest BCUT2D eigenvalue weighted by molar-refractivity contribution is 7.12. The van der Waals surface area contributed by atoms with Crippen molar-refractivity contribution >= 4 is 40.2 Å². The van der Waals surface area contributed by atoms with E-state index in [1.54, 1.807) is 11.3 Å². The van der Waals surface area contributed by atoms with Crippen LogP contribution in [0.5, 0.6) is 0 Å². The minimum Gasteiger partial charge on any atom is -0.379 e. The third-order valence-corrected chi connectivity index (χ3v) is 4.21. The van der Waals surface area contributed by atoms with Crippen LogP contribution in [0.2, 0.25) is 10.0 Å². The van der Waals surface area contributed by atoms with Crippen LogP contribution in [0.3, 0.4) is 0 Å². The van der Waals surface area contributed by atoms with Gasteiger partial charge in [-0.1, -0.05) is 23.2 Å². The SMILES string of the molecule is Cc1cc(CNc2c(Cl)cc(F)cc2Cl)c(C)s1. The van der Waals surface area contributed by atoms with Crippen molar-refractivity contribution in [2.45, 2.75) is 20.4 Å². The number of thiophene rings is 1. The molecule has 96 valence electrons. The molecule has 1 heterocycles. The van der Waals surface area contributed by atoms with Gasteiger partial charge in [0.2, 0.25) is 0 Å². The van der Waals surface area contributed by atoms with Crippen molar-refractivity contribution in [3.05, 3.63) is 49.4 Å². The molecule has 0 amide bonds. The van der Waals surface area contributed by atoms with E-state index in [9.17, 15) is 4.39 Å². The van der Waals surface area contributed by atoms with E-state index >= 15 is 0 Å². The number of aryl methyl sites for hydroxylation is 2. The summed E-state index contributed by atoms with van der Waals surface area (Å²) in [7, 11) is 0. The summed E-state index contributed by atoms with van der Waals surface area (Å²) in [4.78, 5) is 2.52. The molecule has 0 aliphatic heterocycles. The first-order valence-corrected chi connectivity index (χ1v) is 6.99. The van der Waals surface area contributed by atoms with Gasteiger partial charge in [0.1, 0.15) is 5.82 Å². The standard InChI is InChI=1S/C13H12Cl2FNS/c1-7-3-9(8(2)18-7)6-17-13-11(14)4-10(16)5-12(13)15/h3-5,17H,6H2,1-2H3. The number of hydrogen-bond donors (Lipinski definition) is 1. The predicted octanol–water partition coefficient (Wildman–Crippen LogP) is 5.42. The molecule has 2 rings (SSSR count). The van der Waals surface area contributed by atoms with Crippen molar-refractivity contribution in [3.8, 4) is 0 Å². The summed E-state index contributed by atoms with van der Waals surface area (Å²) in [6.07, 6.45) is 0. The van der Waals surface area contributed by atoms with E-state index in [1.165, 1.54) is 27.5 Å². The second kappa shape index (κ2) is 5.47. The minimum atomic E-state index is -0.432. The summed E-state index contributed by atoms with van der Waals surface area (Å²) in [5.41, 5.74) is 1.77. The van der Waals surface area contributed by atoms with Gasteiger partial charge in [0, 0.05) is 16.3 Å². The van der Waals surface area contributed by atoms with E-state index in [0.717, 1.165) is 0 Å². The van der Waals surface area contributed by atoms with E-state index < -0.39 is 5.82 Å². The summed E-state index contributed by atoms with van der Waals surface area (Å²) >= 11 is 13.7. The monoisotopic (exact) mass is 303 g/mol. The van der Waals surface area contributed by atoms with E-state index in [-0.39, 0.29) is 0 Å². The molecule has 2 aromatic rings. The zero-order valence-electron chi connectivity index (χ0n) is 9.98. The highest BCUT2D eigenvalue weighted by atomic mass is 35.5. The van der Waals surface area contributed by atoms with Gasteiger partial charge in [-0.05, 0) is 37.6 Å². The fourth-order valence-electron chi connectivity index (χ4n) is 1.75. The quantitative estimate of drug-likeness (QED) is 0.798. The van der Waals surface area contributed by atoms with E-state index in [4.69, 9.17) is 23.2 Å². The summed E-state index contributed by atoms with van der Waals surface area (Å²) in [6, 6.07) is 4.63. The van der Waals surface area contributed by atoms with Crippen molar-refractivity contribution in [1.29, 1.82) is 0 Å². The van der Waals surface area contributed by atoms with Crippen molar-refractivity contribution in [2.75, 3.05) is 5.32 Å². The molecule has 0 bridgehead atoms. The maximum Gasteiger partial charge on any atom is 0.126 e. The van der Waals surface area contributed by atoms with Crippen LogP contribution in [0.25, 0.3) is 0 Å². The lowest BCUT2D eigenvalue weighted by molar-refractivity contribution is 0.628. The number of anilines is 1. The summed E-state index contributed by atoms with van der Waals surface area (Å²) in [6.45, 7) is 4.77. The minimum absolute atomic E-state index is 0.296. The number of benzene rings is 1. The predicted molar refractivity (Wildman–Crippen MR) is 77.5 cm³/mol. The summed E-state index contributed by atoms with van der Waals surface area (Å²) in [5.74, 6) is -0.432. The Bertz CT molecular complexity index is 557. The highest BCUT2D eigenvalue weighted by Gasteiger charge is 2.09. The molecule has 18 heavy (non-hydrogen) atoms. The maximum atomic E-state index is 13.0. The average Bonchev–Trinajstić information content (AvgIpc) is 2.55. The van der Waals surface area contributed by atoms with Gasteiger partial charge >= 0.3 is 0 Å². The van der Waals surface area contributed by atoms with Crippen molar-refractivity contribution in [2.24, 2.45) is 0 Å². The first-order chi connectivity index (χ1) is 8.47. The second-order valence-corrected chi connectivity index (χ2v) is 6.31. The number of nitrogens with one attached hydrogen (secondary N) is 1. The molecule has 5 heteroatoms. The molecule has 1 aromatic heterocycles. The van der Waals surface area contributed by atoms with Crippen LogP contribution in [0.4, 0.5) is 10.1 Å². The fraction of sp³-hybridized carbons (Fsp3) is 0.231. The number of hydrogen-bond acceptors (Lipinski definition) is 2. The van der Waals surface area contributed by atoms with Crippen LogP contribution >= 0.6 is 34.5 Å². The van der Waals surface area contributed by atoms with Gasteiger partial charge in [0.15, 0.2) is 0 Å². The lowest BCUT2D eigenvalue weighted by Gasteiger charge is -2.10. The normalized spacial score (nSPS) is 10.7. The van der Waals surface area contributed by atoms with E-state index in [1.807, 2.05) is 0 Å². The van der Waals surface area contributed by atoms with Gasteiger partial charge in [-0.15, -0.1) is 11.3 Å². The van der Waals surface area contributed by atoms with Gasteiger partial charge in [0.05, 0.1) is 15.7 Å². The van der Waals surface area contributed by atoms with Crippen molar-refractivity contribution < 1.29 is 4.39 Å². The third kappa shape index (κ3) is 2.97. The zero-order valence-corrected chi connectivity index (χ0v) is 12.3. The first kappa shape index (κ1) is 13.7. The zero-order chi connectivity index (χ0) is 13.3. The van der Waals surface area contributed by atoms with Crippen LogP contribution in [-0.4, -0.2) is 0 Å². The molecule has 0 saturated carbocycles. The second-order valence-electron chi connectivity index (χ2n) is 4.04. The molecule has 1 aromatic carbocycles. The van der Waals surface area contributed by atoms with Crippen LogP contribution in [0, 0.1) is 19.7 Å². The summed E-state index contributed by atoms with van der Waals surface area (Å²) < 4.78 is 13.0. The third-order valence-electron chi connectivity index (χ3n) is 2.61. The Morgan fingerprint density at radius 3 is 2.28 bits per heavy atom. The molecule has 0 aliphatic carbocycles. The maximum absolute atomic E-state index is 13.0. The van der Waals surface area contributed by atoms with Gasteiger partial charge in [-0.3, -0.25) is 0 Å². The Morgan fingerprint density at radius 1 is 1.17 bits per heavy atom.